The number of aromatic nitrogens is 2. The summed E-state index contributed by atoms with van der Waals surface area (Å²) in [5, 5.41) is 9.58. The number of carboxylic acid groups (broad SMARTS) is 1. The fraction of sp³-hybridized carbons (Fsp3) is 0.500. The van der Waals surface area contributed by atoms with Crippen molar-refractivity contribution in [3.05, 3.63) is 84.0 Å². The Morgan fingerprint density at radius 2 is 1.95 bits per heavy atom. The van der Waals surface area contributed by atoms with Gasteiger partial charge in [-0.15, -0.1) is 4.76 Å². The maximum Gasteiger partial charge on any atom is 0.460 e. The van der Waals surface area contributed by atoms with Crippen molar-refractivity contribution in [2.24, 2.45) is 34.4 Å². The minimum atomic E-state index is -4.04. The van der Waals surface area contributed by atoms with Gasteiger partial charge in [-0.1, -0.05) is 44.9 Å². The van der Waals surface area contributed by atoms with Gasteiger partial charge in [0.05, 0.1) is 18.6 Å². The van der Waals surface area contributed by atoms with Crippen LogP contribution in [0.15, 0.2) is 77.6 Å². The predicted molar refractivity (Wildman–Crippen MR) is 159 cm³/mol. The van der Waals surface area contributed by atoms with Crippen molar-refractivity contribution in [1.82, 2.24) is 9.97 Å². The fourth-order valence-corrected chi connectivity index (χ4v) is 7.60. The number of hydrogen-bond acceptors (Lipinski definition) is 7. The summed E-state index contributed by atoms with van der Waals surface area (Å²) in [7, 11) is -4.04. The molecule has 3 unspecified atom stereocenters. The van der Waals surface area contributed by atoms with Gasteiger partial charge >= 0.3 is 13.7 Å². The molecule has 0 saturated heterocycles. The molecule has 0 bridgehead atoms. The van der Waals surface area contributed by atoms with E-state index in [2.05, 4.69) is 46.8 Å². The molecule has 9 nitrogen and oxygen atoms in total. The zero-order chi connectivity index (χ0) is 29.5. The molecular weight excluding hydrogens is 553 g/mol. The standard InChI is InChI=1S/C32H40N3O6P/c1-22-11-14-29-25(17-22)13-12-23(2)28(29)10-4-3-7-24(18-30(36)37)21-39-42(38)35-31(26-8-5-15-33-19-26)40-32(41-42)27-9-6-16-34-20-27/h5-6,8-9,12-13,15-17,19-20,22-24,28-29,32H,3-4,7,10-11,14,18,21H2,1-2H3,(H,36,37)/t22-,23+,24-,28+,29?,32?,42?/m1/s1. The Balaban J connectivity index is 1.22. The summed E-state index contributed by atoms with van der Waals surface area (Å²) in [5.41, 5.74) is 2.57. The van der Waals surface area contributed by atoms with Crippen LogP contribution >= 0.6 is 7.75 Å². The van der Waals surface area contributed by atoms with Gasteiger partial charge < -0.3 is 9.84 Å². The lowest BCUT2D eigenvalue weighted by atomic mass is 9.67. The smallest absolute Gasteiger partial charge is 0.460 e. The van der Waals surface area contributed by atoms with E-state index in [1.807, 2.05) is 0 Å². The van der Waals surface area contributed by atoms with Gasteiger partial charge in [-0.3, -0.25) is 19.3 Å². The third-order valence-electron chi connectivity index (χ3n) is 8.49. The number of rotatable bonds is 12. The van der Waals surface area contributed by atoms with Gasteiger partial charge in [0, 0.05) is 30.4 Å². The molecule has 5 rings (SSSR count). The van der Waals surface area contributed by atoms with E-state index in [-0.39, 0.29) is 24.8 Å². The molecule has 7 atom stereocenters. The van der Waals surface area contributed by atoms with E-state index >= 15 is 0 Å². The van der Waals surface area contributed by atoms with Crippen LogP contribution in [-0.4, -0.2) is 33.5 Å². The van der Waals surface area contributed by atoms with Crippen LogP contribution in [0.1, 0.15) is 76.2 Å². The van der Waals surface area contributed by atoms with Crippen LogP contribution in [-0.2, 0) is 23.1 Å². The van der Waals surface area contributed by atoms with E-state index in [0.717, 1.165) is 19.3 Å². The third kappa shape index (κ3) is 7.82. The third-order valence-corrected chi connectivity index (χ3v) is 9.84. The first-order valence-corrected chi connectivity index (χ1v) is 16.4. The van der Waals surface area contributed by atoms with Crippen LogP contribution in [0.4, 0.5) is 0 Å². The predicted octanol–water partition coefficient (Wildman–Crippen LogP) is 7.54. The van der Waals surface area contributed by atoms with Crippen LogP contribution in [0.5, 0.6) is 0 Å². The zero-order valence-electron chi connectivity index (χ0n) is 24.2. The highest BCUT2D eigenvalue weighted by Gasteiger charge is 2.39. The average molecular weight is 594 g/mol. The molecule has 224 valence electrons. The first-order valence-electron chi connectivity index (χ1n) is 14.9. The number of fused-ring (bicyclic) bond motifs is 1. The summed E-state index contributed by atoms with van der Waals surface area (Å²) in [6.45, 7) is 4.54. The number of hydrogen-bond donors (Lipinski definition) is 1. The molecule has 3 heterocycles. The van der Waals surface area contributed by atoms with Gasteiger partial charge in [-0.2, -0.15) is 0 Å². The number of allylic oxidation sites excluding steroid dienone is 4. The van der Waals surface area contributed by atoms with Gasteiger partial charge in [-0.05, 0) is 85.1 Å². The molecule has 2 aromatic rings. The summed E-state index contributed by atoms with van der Waals surface area (Å²) in [5.74, 6) is 1.25. The minimum Gasteiger partial charge on any atom is -0.481 e. The van der Waals surface area contributed by atoms with Gasteiger partial charge in [-0.25, -0.2) is 9.09 Å². The van der Waals surface area contributed by atoms with E-state index in [0.29, 0.717) is 41.2 Å². The quantitative estimate of drug-likeness (QED) is 0.198. The molecule has 0 saturated carbocycles. The molecular formula is C32H40N3O6P. The fourth-order valence-electron chi connectivity index (χ4n) is 6.25. The summed E-state index contributed by atoms with van der Waals surface area (Å²) in [4.78, 5) is 19.9. The van der Waals surface area contributed by atoms with Crippen molar-refractivity contribution in [2.75, 3.05) is 6.61 Å². The van der Waals surface area contributed by atoms with E-state index in [9.17, 15) is 14.5 Å². The summed E-state index contributed by atoms with van der Waals surface area (Å²) >= 11 is 0. The van der Waals surface area contributed by atoms with Crippen LogP contribution in [0.2, 0.25) is 0 Å². The molecule has 0 fully saturated rings. The molecule has 0 spiro atoms. The Bertz CT molecular complexity index is 1350. The lowest BCUT2D eigenvalue weighted by Crippen LogP contribution is -2.28. The lowest BCUT2D eigenvalue weighted by Gasteiger charge is -2.38. The van der Waals surface area contributed by atoms with Crippen molar-refractivity contribution in [3.63, 3.8) is 0 Å². The SMILES string of the molecule is C[C@H]1C=C2C=C[C@H](C)[C@H](CCCC[C@@H](COP3(=O)N=C(c4cccnc4)OC(c4cccnc4)O3)CC(=O)O)C2CC1. The Labute approximate surface area is 247 Å². The number of unbranched alkanes of at least 4 members (excludes halogenated alkanes) is 1. The van der Waals surface area contributed by atoms with Crippen molar-refractivity contribution in [1.29, 1.82) is 0 Å². The lowest BCUT2D eigenvalue weighted by molar-refractivity contribution is -0.138. The number of aliphatic carboxylic acids is 1. The second kappa shape index (κ2) is 13.9. The highest BCUT2D eigenvalue weighted by molar-refractivity contribution is 7.52. The largest absolute Gasteiger partial charge is 0.481 e. The molecule has 1 aliphatic heterocycles. The van der Waals surface area contributed by atoms with Gasteiger partial charge in [0.1, 0.15) is 0 Å². The van der Waals surface area contributed by atoms with Crippen molar-refractivity contribution < 1.29 is 28.3 Å². The number of nitrogens with zero attached hydrogens (tertiary/aromatic N) is 3. The normalized spacial score (nSPS) is 29.5. The second-order valence-corrected chi connectivity index (χ2v) is 13.3. The maximum atomic E-state index is 13.8. The zero-order valence-corrected chi connectivity index (χ0v) is 25.1. The topological polar surface area (TPSA) is 120 Å². The molecule has 2 aliphatic carbocycles. The monoisotopic (exact) mass is 593 g/mol. The summed E-state index contributed by atoms with van der Waals surface area (Å²) in [6.07, 6.45) is 18.4. The van der Waals surface area contributed by atoms with Crippen molar-refractivity contribution in [2.45, 2.75) is 65.1 Å². The van der Waals surface area contributed by atoms with Crippen molar-refractivity contribution >= 4 is 19.6 Å². The molecule has 1 N–H and O–H groups in total. The molecule has 3 aliphatic rings. The van der Waals surface area contributed by atoms with Gasteiger partial charge in [0.2, 0.25) is 12.2 Å². The molecule has 42 heavy (non-hydrogen) atoms. The summed E-state index contributed by atoms with van der Waals surface area (Å²) < 4.78 is 35.5. The van der Waals surface area contributed by atoms with Gasteiger partial charge in [0.15, 0.2) is 0 Å². The number of pyridine rings is 2. The Hall–Kier alpha value is -3.13. The number of carbonyl (C=O) groups is 1. The highest BCUT2D eigenvalue weighted by Crippen LogP contribution is 2.57. The second-order valence-electron chi connectivity index (χ2n) is 11.7. The van der Waals surface area contributed by atoms with Crippen LogP contribution in [0.25, 0.3) is 0 Å². The molecule has 0 aromatic carbocycles. The van der Waals surface area contributed by atoms with E-state index in [1.165, 1.54) is 18.4 Å². The molecule has 0 radical (unpaired) electrons. The minimum absolute atomic E-state index is 0.0525. The van der Waals surface area contributed by atoms with Gasteiger partial charge in [0.25, 0.3) is 0 Å². The molecule has 0 amide bonds. The van der Waals surface area contributed by atoms with Crippen LogP contribution in [0.3, 0.4) is 0 Å². The van der Waals surface area contributed by atoms with Crippen molar-refractivity contribution in [3.8, 4) is 0 Å². The maximum absolute atomic E-state index is 13.8. The van der Waals surface area contributed by atoms with E-state index in [4.69, 9.17) is 13.8 Å². The van der Waals surface area contributed by atoms with E-state index in [1.54, 1.807) is 49.1 Å². The summed E-state index contributed by atoms with van der Waals surface area (Å²) in [6, 6.07) is 6.94. The first-order chi connectivity index (χ1) is 20.3. The molecule has 2 aromatic heterocycles. The Kier molecular flexibility index (Phi) is 10.0. The van der Waals surface area contributed by atoms with Crippen LogP contribution < -0.4 is 0 Å². The average Bonchev–Trinajstić information content (AvgIpc) is 2.99. The molecule has 10 heteroatoms. The number of ether oxygens (including phenoxy) is 1. The Morgan fingerprint density at radius 3 is 2.69 bits per heavy atom. The van der Waals surface area contributed by atoms with Crippen LogP contribution in [0, 0.1) is 29.6 Å². The number of carboxylic acids is 1. The highest BCUT2D eigenvalue weighted by atomic mass is 31.2. The van der Waals surface area contributed by atoms with E-state index < -0.39 is 20.0 Å². The first kappa shape index (κ1) is 30.3. The Morgan fingerprint density at radius 1 is 1.14 bits per heavy atom.